The predicted octanol–water partition coefficient (Wildman–Crippen LogP) is -1.69. The molecule has 2 heterocycles. The van der Waals surface area contributed by atoms with Crippen molar-refractivity contribution in [1.29, 1.82) is 0 Å². The standard InChI is InChI=1S/C22H32N8O7/c1-11(2)3-15(28-19(33)14(23)4-12-7-24-9-26-12)20(34)29-16(6-18(31)32)21(35)30-17(22(36)37)5-13-8-25-10-27-13/h7-11,14-17H,3-6,23H2,1-2H3,(H,24,26)(H,25,27)(H,28,33)(H,29,34)(H,30,35)(H,31,32)(H,36,37). The van der Waals surface area contributed by atoms with Crippen LogP contribution in [0.4, 0.5) is 0 Å². The molecule has 0 aromatic carbocycles. The van der Waals surface area contributed by atoms with Crippen LogP contribution in [0, 0.1) is 5.92 Å². The van der Waals surface area contributed by atoms with Crippen LogP contribution in [0.5, 0.6) is 0 Å². The molecule has 0 aliphatic carbocycles. The predicted molar refractivity (Wildman–Crippen MR) is 128 cm³/mol. The van der Waals surface area contributed by atoms with E-state index in [4.69, 9.17) is 5.73 Å². The number of carboxylic acid groups (broad SMARTS) is 2. The molecule has 0 saturated heterocycles. The fraction of sp³-hybridized carbons (Fsp3) is 0.500. The van der Waals surface area contributed by atoms with E-state index in [0.717, 1.165) is 0 Å². The summed E-state index contributed by atoms with van der Waals surface area (Å²) in [6.45, 7) is 3.62. The number of hydrogen-bond acceptors (Lipinski definition) is 8. The van der Waals surface area contributed by atoms with E-state index in [-0.39, 0.29) is 25.2 Å². The Hall–Kier alpha value is -4.27. The van der Waals surface area contributed by atoms with E-state index in [1.54, 1.807) is 0 Å². The van der Waals surface area contributed by atoms with Gasteiger partial charge in [-0.25, -0.2) is 14.8 Å². The molecule has 0 aliphatic heterocycles. The second-order valence-corrected chi connectivity index (χ2v) is 8.92. The van der Waals surface area contributed by atoms with E-state index >= 15 is 0 Å². The Kier molecular flexibility index (Phi) is 10.7. The number of aromatic nitrogens is 4. The van der Waals surface area contributed by atoms with Gasteiger partial charge in [0.05, 0.1) is 25.1 Å². The van der Waals surface area contributed by atoms with E-state index in [1.807, 2.05) is 13.8 Å². The zero-order valence-electron chi connectivity index (χ0n) is 20.4. The fourth-order valence-corrected chi connectivity index (χ4v) is 3.45. The van der Waals surface area contributed by atoms with Crippen molar-refractivity contribution in [2.24, 2.45) is 11.7 Å². The summed E-state index contributed by atoms with van der Waals surface area (Å²) >= 11 is 0. The number of H-pyrrole nitrogens is 2. The number of aromatic amines is 2. The number of carbonyl (C=O) groups is 5. The number of hydrogen-bond donors (Lipinski definition) is 8. The molecule has 0 bridgehead atoms. The van der Waals surface area contributed by atoms with Crippen molar-refractivity contribution in [3.8, 4) is 0 Å². The molecule has 3 amide bonds. The van der Waals surface area contributed by atoms with Crippen molar-refractivity contribution in [2.45, 2.75) is 63.7 Å². The Bertz CT molecular complexity index is 1060. The molecule has 0 aliphatic rings. The van der Waals surface area contributed by atoms with Crippen LogP contribution in [-0.2, 0) is 36.8 Å². The van der Waals surface area contributed by atoms with Crippen molar-refractivity contribution in [1.82, 2.24) is 35.9 Å². The highest BCUT2D eigenvalue weighted by molar-refractivity contribution is 5.95. The molecular weight excluding hydrogens is 488 g/mol. The van der Waals surface area contributed by atoms with E-state index < -0.39 is 60.2 Å². The van der Waals surface area contributed by atoms with Gasteiger partial charge in [0, 0.05) is 36.6 Å². The van der Waals surface area contributed by atoms with Gasteiger partial charge in [0.2, 0.25) is 17.7 Å². The minimum absolute atomic E-state index is 0.0579. The lowest BCUT2D eigenvalue weighted by atomic mass is 10.0. The third-order valence-electron chi connectivity index (χ3n) is 5.28. The molecule has 0 saturated carbocycles. The van der Waals surface area contributed by atoms with Gasteiger partial charge >= 0.3 is 11.9 Å². The maximum Gasteiger partial charge on any atom is 0.326 e. The second-order valence-electron chi connectivity index (χ2n) is 8.92. The van der Waals surface area contributed by atoms with E-state index in [9.17, 15) is 34.2 Å². The maximum absolute atomic E-state index is 13.0. The average Bonchev–Trinajstić information content (AvgIpc) is 3.51. The summed E-state index contributed by atoms with van der Waals surface area (Å²) < 4.78 is 0. The topological polar surface area (TPSA) is 245 Å². The van der Waals surface area contributed by atoms with Gasteiger partial charge in [-0.3, -0.25) is 19.2 Å². The molecule has 15 heteroatoms. The molecule has 2 aromatic heterocycles. The molecule has 37 heavy (non-hydrogen) atoms. The molecular formula is C22H32N8O7. The van der Waals surface area contributed by atoms with E-state index in [0.29, 0.717) is 11.4 Å². The number of aliphatic carboxylic acids is 2. The van der Waals surface area contributed by atoms with Gasteiger partial charge in [0.15, 0.2) is 0 Å². The van der Waals surface area contributed by atoms with Crippen LogP contribution in [0.3, 0.4) is 0 Å². The van der Waals surface area contributed by atoms with Gasteiger partial charge in [-0.05, 0) is 12.3 Å². The number of imidazole rings is 2. The van der Waals surface area contributed by atoms with Crippen molar-refractivity contribution < 1.29 is 34.2 Å². The molecule has 0 spiro atoms. The molecule has 0 radical (unpaired) electrons. The highest BCUT2D eigenvalue weighted by atomic mass is 16.4. The summed E-state index contributed by atoms with van der Waals surface area (Å²) in [6.07, 6.45) is 5.03. The fourth-order valence-electron chi connectivity index (χ4n) is 3.45. The van der Waals surface area contributed by atoms with Gasteiger partial charge < -0.3 is 41.9 Å². The molecule has 4 unspecified atom stereocenters. The molecule has 2 aromatic rings. The Morgan fingerprint density at radius 1 is 0.838 bits per heavy atom. The highest BCUT2D eigenvalue weighted by Gasteiger charge is 2.32. The minimum atomic E-state index is -1.60. The first-order valence-corrected chi connectivity index (χ1v) is 11.5. The lowest BCUT2D eigenvalue weighted by Gasteiger charge is -2.25. The zero-order valence-corrected chi connectivity index (χ0v) is 20.4. The first kappa shape index (κ1) is 29.0. The van der Waals surface area contributed by atoms with Crippen LogP contribution < -0.4 is 21.7 Å². The Morgan fingerprint density at radius 3 is 1.84 bits per heavy atom. The van der Waals surface area contributed by atoms with Crippen LogP contribution in [0.2, 0.25) is 0 Å². The van der Waals surface area contributed by atoms with Crippen molar-refractivity contribution in [3.63, 3.8) is 0 Å². The monoisotopic (exact) mass is 520 g/mol. The number of amides is 3. The maximum atomic E-state index is 13.0. The number of nitrogens with one attached hydrogen (secondary N) is 5. The van der Waals surface area contributed by atoms with Gasteiger partial charge in [-0.15, -0.1) is 0 Å². The van der Waals surface area contributed by atoms with Crippen LogP contribution in [0.1, 0.15) is 38.1 Å². The molecule has 2 rings (SSSR count). The molecule has 9 N–H and O–H groups in total. The lowest BCUT2D eigenvalue weighted by Crippen LogP contribution is -2.58. The Balaban J connectivity index is 2.10. The third kappa shape index (κ3) is 9.71. The Labute approximate surface area is 212 Å². The number of rotatable bonds is 15. The first-order valence-electron chi connectivity index (χ1n) is 11.5. The normalized spacial score (nSPS) is 14.3. The number of nitrogens with two attached hydrogens (primary N) is 1. The van der Waals surface area contributed by atoms with Crippen molar-refractivity contribution >= 4 is 29.7 Å². The van der Waals surface area contributed by atoms with Gasteiger partial charge in [-0.2, -0.15) is 0 Å². The minimum Gasteiger partial charge on any atom is -0.481 e. The zero-order chi connectivity index (χ0) is 27.5. The SMILES string of the molecule is CC(C)CC(NC(=O)C(N)Cc1cnc[nH]1)C(=O)NC(CC(=O)O)C(=O)NC(Cc1cnc[nH]1)C(=O)O. The molecule has 202 valence electrons. The highest BCUT2D eigenvalue weighted by Crippen LogP contribution is 2.08. The van der Waals surface area contributed by atoms with Crippen LogP contribution in [0.15, 0.2) is 25.0 Å². The van der Waals surface area contributed by atoms with Gasteiger partial charge in [0.1, 0.15) is 18.1 Å². The largest absolute Gasteiger partial charge is 0.481 e. The van der Waals surface area contributed by atoms with E-state index in [1.165, 1.54) is 25.0 Å². The number of carboxylic acids is 2. The first-order chi connectivity index (χ1) is 17.5. The molecule has 0 fully saturated rings. The summed E-state index contributed by atoms with van der Waals surface area (Å²) in [5.41, 5.74) is 6.99. The molecule has 15 nitrogen and oxygen atoms in total. The number of carbonyl (C=O) groups excluding carboxylic acids is 3. The second kappa shape index (κ2) is 13.7. The summed E-state index contributed by atoms with van der Waals surface area (Å²) in [6, 6.07) is -5.13. The van der Waals surface area contributed by atoms with Crippen LogP contribution in [0.25, 0.3) is 0 Å². The smallest absolute Gasteiger partial charge is 0.326 e. The van der Waals surface area contributed by atoms with E-state index in [2.05, 4.69) is 35.9 Å². The summed E-state index contributed by atoms with van der Waals surface area (Å²) in [5.74, 6) is -5.25. The summed E-state index contributed by atoms with van der Waals surface area (Å²) in [7, 11) is 0. The molecule has 4 atom stereocenters. The third-order valence-corrected chi connectivity index (χ3v) is 5.28. The summed E-state index contributed by atoms with van der Waals surface area (Å²) in [4.78, 5) is 74.7. The van der Waals surface area contributed by atoms with Gasteiger partial charge in [-0.1, -0.05) is 13.8 Å². The van der Waals surface area contributed by atoms with Crippen molar-refractivity contribution in [3.05, 3.63) is 36.4 Å². The van der Waals surface area contributed by atoms with Crippen LogP contribution in [-0.4, -0.2) is 84.0 Å². The lowest BCUT2D eigenvalue weighted by molar-refractivity contribution is -0.143. The average molecular weight is 521 g/mol. The van der Waals surface area contributed by atoms with Gasteiger partial charge in [0.25, 0.3) is 0 Å². The Morgan fingerprint density at radius 2 is 1.35 bits per heavy atom. The van der Waals surface area contributed by atoms with Crippen molar-refractivity contribution in [2.75, 3.05) is 0 Å². The quantitative estimate of drug-likeness (QED) is 0.132. The number of nitrogens with zero attached hydrogens (tertiary/aromatic N) is 2. The van der Waals surface area contributed by atoms with Crippen LogP contribution >= 0.6 is 0 Å². The summed E-state index contributed by atoms with van der Waals surface area (Å²) in [5, 5.41) is 25.9.